The first-order valence-electron chi connectivity index (χ1n) is 2.36. The normalized spacial score (nSPS) is 40.7. The van der Waals surface area contributed by atoms with Gasteiger partial charge in [0.25, 0.3) is 0 Å². The Kier molecular flexibility index (Phi) is 1.07. The quantitative estimate of drug-likeness (QED) is 0.456. The van der Waals surface area contributed by atoms with E-state index in [0.29, 0.717) is 0 Å². The van der Waals surface area contributed by atoms with E-state index in [1.54, 1.807) is 6.26 Å². The molecule has 1 rings (SSSR count). The van der Waals surface area contributed by atoms with Crippen LogP contribution in [0.4, 0.5) is 0 Å². The molecule has 0 amide bonds. The largest absolute Gasteiger partial charge is 0.250 e. The number of hydrogen-bond donors (Lipinski definition) is 0. The molecule has 1 atom stereocenters. The van der Waals surface area contributed by atoms with Crippen LogP contribution in [-0.4, -0.2) is 22.8 Å². The van der Waals surface area contributed by atoms with Crippen molar-refractivity contribution < 1.29 is 4.21 Å². The summed E-state index contributed by atoms with van der Waals surface area (Å²) in [6.45, 7) is 0.815. The van der Waals surface area contributed by atoms with Crippen molar-refractivity contribution >= 4 is 9.73 Å². The van der Waals surface area contributed by atoms with Gasteiger partial charge >= 0.3 is 0 Å². The van der Waals surface area contributed by atoms with Crippen LogP contribution in [0.3, 0.4) is 0 Å². The van der Waals surface area contributed by atoms with E-state index in [1.165, 1.54) is 0 Å². The van der Waals surface area contributed by atoms with E-state index in [1.807, 2.05) is 0 Å². The lowest BCUT2D eigenvalue weighted by molar-refractivity contribution is 0.683. The molecular formula is C4H9NOS. The van der Waals surface area contributed by atoms with Crippen molar-refractivity contribution in [1.82, 2.24) is 0 Å². The summed E-state index contributed by atoms with van der Waals surface area (Å²) in [5.74, 6) is 0.812. The van der Waals surface area contributed by atoms with Gasteiger partial charge in [-0.05, 0) is 6.42 Å². The fourth-order valence-electron chi connectivity index (χ4n) is 0.655. The van der Waals surface area contributed by atoms with Crippen LogP contribution in [0.5, 0.6) is 0 Å². The lowest BCUT2D eigenvalue weighted by atomic mass is 10.5. The van der Waals surface area contributed by atoms with Crippen molar-refractivity contribution in [2.24, 2.45) is 4.36 Å². The molecule has 0 N–H and O–H groups in total. The Balaban J connectivity index is 2.90. The molecular weight excluding hydrogens is 110 g/mol. The molecule has 7 heavy (non-hydrogen) atoms. The molecule has 1 heterocycles. The minimum Gasteiger partial charge on any atom is -0.250 e. The van der Waals surface area contributed by atoms with Crippen LogP contribution in [0, 0.1) is 0 Å². The summed E-state index contributed by atoms with van der Waals surface area (Å²) in [5, 5.41) is 0. The van der Waals surface area contributed by atoms with Crippen LogP contribution in [0.15, 0.2) is 4.36 Å². The van der Waals surface area contributed by atoms with Crippen LogP contribution in [-0.2, 0) is 9.73 Å². The standard InChI is InChI=1S/C4H9NOS/c1-7(6)4-2-3-5-7/h2-4H2,1H3/t7-/m0/s1. The third-order valence-electron chi connectivity index (χ3n) is 1.05. The fourth-order valence-corrected chi connectivity index (χ4v) is 1.96. The summed E-state index contributed by atoms with van der Waals surface area (Å²) in [6.07, 6.45) is 2.75. The number of nitrogens with zero attached hydrogens (tertiary/aromatic N) is 1. The van der Waals surface area contributed by atoms with Crippen LogP contribution in [0.1, 0.15) is 6.42 Å². The van der Waals surface area contributed by atoms with Gasteiger partial charge in [-0.3, -0.25) is 4.21 Å². The first kappa shape index (κ1) is 5.09. The third-order valence-corrected chi connectivity index (χ3v) is 2.82. The fraction of sp³-hybridized carbons (Fsp3) is 1.00. The molecule has 3 heteroatoms. The molecule has 2 nitrogen and oxygen atoms in total. The second kappa shape index (κ2) is 1.47. The van der Waals surface area contributed by atoms with Crippen LogP contribution >= 0.6 is 0 Å². The zero-order valence-electron chi connectivity index (χ0n) is 4.39. The lowest BCUT2D eigenvalue weighted by Crippen LogP contribution is -1.93. The minimum absolute atomic E-state index is 0.812. The van der Waals surface area contributed by atoms with Gasteiger partial charge < -0.3 is 0 Å². The minimum atomic E-state index is -1.67. The molecule has 0 aliphatic carbocycles. The van der Waals surface area contributed by atoms with Gasteiger partial charge in [-0.25, -0.2) is 4.36 Å². The number of rotatable bonds is 0. The summed E-state index contributed by atoms with van der Waals surface area (Å²) >= 11 is 0. The average molecular weight is 119 g/mol. The molecule has 42 valence electrons. The van der Waals surface area contributed by atoms with Crippen LogP contribution < -0.4 is 0 Å². The Bertz CT molecular complexity index is 167. The predicted molar refractivity (Wildman–Crippen MR) is 30.8 cm³/mol. The Labute approximate surface area is 44.1 Å². The molecule has 0 aromatic carbocycles. The monoisotopic (exact) mass is 119 g/mol. The molecule has 0 unspecified atom stereocenters. The lowest BCUT2D eigenvalue weighted by Gasteiger charge is -1.85. The molecule has 0 bridgehead atoms. The first-order valence-corrected chi connectivity index (χ1v) is 4.45. The van der Waals surface area contributed by atoms with E-state index in [2.05, 4.69) is 4.36 Å². The average Bonchev–Trinajstić information content (AvgIpc) is 1.84. The van der Waals surface area contributed by atoms with Gasteiger partial charge in [-0.1, -0.05) is 0 Å². The topological polar surface area (TPSA) is 29.4 Å². The zero-order chi connectivity index (χ0) is 5.33. The highest BCUT2D eigenvalue weighted by Crippen LogP contribution is 2.02. The van der Waals surface area contributed by atoms with Gasteiger partial charge in [0.2, 0.25) is 0 Å². The highest BCUT2D eigenvalue weighted by Gasteiger charge is 2.05. The molecule has 0 aromatic rings. The SMILES string of the molecule is C[S@@]1(=O)=NCCC1. The highest BCUT2D eigenvalue weighted by atomic mass is 32.2. The van der Waals surface area contributed by atoms with E-state index in [-0.39, 0.29) is 0 Å². The Hall–Kier alpha value is -0.0500. The van der Waals surface area contributed by atoms with E-state index < -0.39 is 9.73 Å². The van der Waals surface area contributed by atoms with Crippen molar-refractivity contribution in [3.05, 3.63) is 0 Å². The second-order valence-corrected chi connectivity index (χ2v) is 4.46. The van der Waals surface area contributed by atoms with Crippen molar-refractivity contribution in [2.75, 3.05) is 18.6 Å². The Morgan fingerprint density at radius 1 is 1.71 bits per heavy atom. The number of hydrogen-bond acceptors (Lipinski definition) is 2. The van der Waals surface area contributed by atoms with Crippen LogP contribution in [0.25, 0.3) is 0 Å². The maximum Gasteiger partial charge on any atom is 0.0493 e. The molecule has 0 aromatic heterocycles. The molecule has 1 aliphatic rings. The molecule has 0 saturated heterocycles. The smallest absolute Gasteiger partial charge is 0.0493 e. The van der Waals surface area contributed by atoms with E-state index in [0.717, 1.165) is 18.7 Å². The summed E-state index contributed by atoms with van der Waals surface area (Å²) in [5.41, 5.74) is 0. The summed E-state index contributed by atoms with van der Waals surface area (Å²) < 4.78 is 14.7. The maximum atomic E-state index is 10.8. The third kappa shape index (κ3) is 1.16. The van der Waals surface area contributed by atoms with E-state index in [4.69, 9.17) is 0 Å². The Morgan fingerprint density at radius 3 is 2.57 bits per heavy atom. The van der Waals surface area contributed by atoms with Crippen molar-refractivity contribution in [3.8, 4) is 0 Å². The van der Waals surface area contributed by atoms with Gasteiger partial charge in [0, 0.05) is 28.3 Å². The molecule has 0 radical (unpaired) electrons. The molecule has 0 spiro atoms. The zero-order valence-corrected chi connectivity index (χ0v) is 5.20. The first-order chi connectivity index (χ1) is 3.21. The van der Waals surface area contributed by atoms with Gasteiger partial charge in [0.05, 0.1) is 0 Å². The van der Waals surface area contributed by atoms with Crippen LogP contribution in [0.2, 0.25) is 0 Å². The molecule has 0 saturated carbocycles. The molecule has 1 aliphatic heterocycles. The maximum absolute atomic E-state index is 10.8. The summed E-state index contributed by atoms with van der Waals surface area (Å²) in [7, 11) is -1.67. The van der Waals surface area contributed by atoms with Gasteiger partial charge in [-0.15, -0.1) is 0 Å². The Morgan fingerprint density at radius 2 is 2.43 bits per heavy atom. The van der Waals surface area contributed by atoms with Crippen molar-refractivity contribution in [3.63, 3.8) is 0 Å². The highest BCUT2D eigenvalue weighted by molar-refractivity contribution is 7.93. The summed E-state index contributed by atoms with van der Waals surface area (Å²) in [4.78, 5) is 0. The second-order valence-electron chi connectivity index (χ2n) is 1.87. The van der Waals surface area contributed by atoms with Gasteiger partial charge in [0.1, 0.15) is 0 Å². The summed E-state index contributed by atoms with van der Waals surface area (Å²) in [6, 6.07) is 0. The van der Waals surface area contributed by atoms with Crippen molar-refractivity contribution in [1.29, 1.82) is 0 Å². The molecule has 0 fully saturated rings. The van der Waals surface area contributed by atoms with Gasteiger partial charge in [-0.2, -0.15) is 0 Å². The van der Waals surface area contributed by atoms with E-state index in [9.17, 15) is 4.21 Å². The van der Waals surface area contributed by atoms with Gasteiger partial charge in [0.15, 0.2) is 0 Å². The van der Waals surface area contributed by atoms with Crippen molar-refractivity contribution in [2.45, 2.75) is 6.42 Å². The van der Waals surface area contributed by atoms with E-state index >= 15 is 0 Å². The predicted octanol–water partition coefficient (Wildman–Crippen LogP) is 0.488.